The van der Waals surface area contributed by atoms with E-state index in [1.807, 2.05) is 0 Å². The number of nitrogens with one attached hydrogen (secondary N) is 1. The third kappa shape index (κ3) is 5.23. The second-order valence-electron chi connectivity index (χ2n) is 8.75. The molecule has 1 atom stereocenters. The summed E-state index contributed by atoms with van der Waals surface area (Å²) in [5.41, 5.74) is -0.852. The van der Waals surface area contributed by atoms with Crippen molar-refractivity contribution in [1.82, 2.24) is 19.3 Å². The Balaban J connectivity index is 1.69. The average Bonchev–Trinajstić information content (AvgIpc) is 2.77. The molecule has 1 N–H and O–H groups in total. The SMILES string of the molecule is Cc1nc(N[C@H](C)c2cccc(C(F)(F)F)c2F)c2cc(P3(=O)CCN(S(C)(=O)=O)CC3)ncc2n1. The lowest BCUT2D eigenvalue weighted by atomic mass is 10.0. The highest BCUT2D eigenvalue weighted by Crippen LogP contribution is 2.46. The first-order chi connectivity index (χ1) is 16.7. The average molecular weight is 545 g/mol. The fraction of sp³-hybridized carbons (Fsp3) is 0.409. The molecule has 0 radical (unpaired) electrons. The van der Waals surface area contributed by atoms with E-state index in [9.17, 15) is 30.5 Å². The molecule has 194 valence electrons. The second-order valence-corrected chi connectivity index (χ2v) is 13.9. The minimum atomic E-state index is -4.84. The van der Waals surface area contributed by atoms with E-state index in [0.717, 1.165) is 12.3 Å². The van der Waals surface area contributed by atoms with Gasteiger partial charge in [-0.2, -0.15) is 13.2 Å². The summed E-state index contributed by atoms with van der Waals surface area (Å²) in [7, 11) is -6.42. The Hall–Kier alpha value is -2.63. The molecule has 1 aliphatic heterocycles. The number of aromatic nitrogens is 3. The van der Waals surface area contributed by atoms with Gasteiger partial charge >= 0.3 is 6.18 Å². The number of aryl methyl sites for hydroxylation is 1. The minimum Gasteiger partial charge on any atom is -0.363 e. The van der Waals surface area contributed by atoms with Crippen LogP contribution in [0.15, 0.2) is 30.5 Å². The Morgan fingerprint density at radius 3 is 2.44 bits per heavy atom. The molecule has 36 heavy (non-hydrogen) atoms. The van der Waals surface area contributed by atoms with E-state index in [1.165, 1.54) is 23.5 Å². The van der Waals surface area contributed by atoms with E-state index in [1.54, 1.807) is 13.0 Å². The van der Waals surface area contributed by atoms with Crippen molar-refractivity contribution in [3.05, 3.63) is 53.2 Å². The fourth-order valence-corrected chi connectivity index (χ4v) is 7.75. The highest BCUT2D eigenvalue weighted by atomic mass is 32.2. The van der Waals surface area contributed by atoms with Gasteiger partial charge in [0.05, 0.1) is 29.6 Å². The van der Waals surface area contributed by atoms with Crippen LogP contribution in [0.5, 0.6) is 0 Å². The van der Waals surface area contributed by atoms with Gasteiger partial charge < -0.3 is 9.88 Å². The lowest BCUT2D eigenvalue weighted by Gasteiger charge is -2.30. The van der Waals surface area contributed by atoms with E-state index in [-0.39, 0.29) is 42.2 Å². The predicted octanol–water partition coefficient (Wildman–Crippen LogP) is 3.93. The minimum absolute atomic E-state index is 0.108. The molecule has 1 aromatic carbocycles. The van der Waals surface area contributed by atoms with Gasteiger partial charge in [-0.25, -0.2) is 27.1 Å². The molecule has 1 saturated heterocycles. The van der Waals surface area contributed by atoms with Crippen molar-refractivity contribution in [2.24, 2.45) is 0 Å². The zero-order chi connectivity index (χ0) is 26.5. The van der Waals surface area contributed by atoms with Gasteiger partial charge in [-0.1, -0.05) is 12.1 Å². The van der Waals surface area contributed by atoms with Crippen molar-refractivity contribution >= 4 is 39.3 Å². The number of hydrogen-bond donors (Lipinski definition) is 1. The largest absolute Gasteiger partial charge is 0.419 e. The second kappa shape index (κ2) is 9.35. The lowest BCUT2D eigenvalue weighted by Crippen LogP contribution is -2.40. The molecule has 0 unspecified atom stereocenters. The molecule has 0 aliphatic carbocycles. The molecular formula is C22H24F4N5O3PS. The first-order valence-corrected chi connectivity index (χ1v) is 14.9. The van der Waals surface area contributed by atoms with Gasteiger partial charge in [0.2, 0.25) is 10.0 Å². The van der Waals surface area contributed by atoms with Crippen LogP contribution in [-0.4, -0.2) is 59.3 Å². The van der Waals surface area contributed by atoms with Gasteiger partial charge in [0.15, 0.2) is 0 Å². The van der Waals surface area contributed by atoms with Crippen LogP contribution in [0.3, 0.4) is 0 Å². The van der Waals surface area contributed by atoms with Gasteiger partial charge in [-0.15, -0.1) is 0 Å². The summed E-state index contributed by atoms with van der Waals surface area (Å²) in [6, 6.07) is 3.75. The van der Waals surface area contributed by atoms with Crippen LogP contribution in [0.2, 0.25) is 0 Å². The molecule has 1 aliphatic rings. The molecule has 3 heterocycles. The van der Waals surface area contributed by atoms with Crippen molar-refractivity contribution < 1.29 is 30.5 Å². The number of halogens is 4. The molecule has 14 heteroatoms. The first-order valence-electron chi connectivity index (χ1n) is 11.0. The molecular weight excluding hydrogens is 521 g/mol. The standard InChI is InChI=1S/C22H24F4N5O3PS/c1-13(15-5-4-6-17(20(15)23)22(24,25)26)28-21-16-11-19(27-12-18(16)29-14(2)30-21)35(32)9-7-31(8-10-35)36(3,33)34/h4-6,11-13H,7-10H2,1-3H3,(H,28,29,30)/t13-/m1/s1. The van der Waals surface area contributed by atoms with Crippen LogP contribution in [0.1, 0.15) is 29.9 Å². The van der Waals surface area contributed by atoms with E-state index >= 15 is 0 Å². The molecule has 0 spiro atoms. The van der Waals surface area contributed by atoms with Gasteiger partial charge in [0.1, 0.15) is 30.0 Å². The topological polar surface area (TPSA) is 105 Å². The van der Waals surface area contributed by atoms with E-state index in [0.29, 0.717) is 22.8 Å². The summed E-state index contributed by atoms with van der Waals surface area (Å²) in [6.45, 7) is 3.35. The summed E-state index contributed by atoms with van der Waals surface area (Å²) >= 11 is 0. The quantitative estimate of drug-likeness (QED) is 0.383. The number of fused-ring (bicyclic) bond motifs is 1. The number of anilines is 1. The van der Waals surface area contributed by atoms with Crippen LogP contribution >= 0.6 is 7.14 Å². The van der Waals surface area contributed by atoms with Crippen LogP contribution in [0.4, 0.5) is 23.4 Å². The summed E-state index contributed by atoms with van der Waals surface area (Å²) in [6.07, 6.45) is -2.05. The van der Waals surface area contributed by atoms with Gasteiger partial charge in [-0.05, 0) is 26.0 Å². The number of sulfonamides is 1. The monoisotopic (exact) mass is 545 g/mol. The normalized spacial score (nSPS) is 17.8. The number of benzene rings is 1. The van der Waals surface area contributed by atoms with Crippen LogP contribution in [0.25, 0.3) is 10.9 Å². The summed E-state index contributed by atoms with van der Waals surface area (Å²) in [4.78, 5) is 13.0. The first kappa shape index (κ1) is 26.4. The Bertz CT molecular complexity index is 1470. The number of nitrogens with zero attached hydrogens (tertiary/aromatic N) is 4. The van der Waals surface area contributed by atoms with E-state index < -0.39 is 40.8 Å². The Morgan fingerprint density at radius 2 is 1.83 bits per heavy atom. The summed E-state index contributed by atoms with van der Waals surface area (Å²) in [5.74, 6) is -0.791. The molecule has 0 bridgehead atoms. The zero-order valence-corrected chi connectivity index (χ0v) is 21.4. The lowest BCUT2D eigenvalue weighted by molar-refractivity contribution is -0.140. The summed E-state index contributed by atoms with van der Waals surface area (Å²) < 4.78 is 92.8. The van der Waals surface area contributed by atoms with Crippen molar-refractivity contribution in [2.45, 2.75) is 26.1 Å². The third-order valence-corrected chi connectivity index (χ3v) is 10.4. The van der Waals surface area contributed by atoms with Crippen molar-refractivity contribution in [2.75, 3.05) is 37.0 Å². The fourth-order valence-electron chi connectivity index (χ4n) is 4.19. The van der Waals surface area contributed by atoms with E-state index in [4.69, 9.17) is 0 Å². The van der Waals surface area contributed by atoms with Gasteiger partial charge in [0, 0.05) is 36.4 Å². The molecule has 0 amide bonds. The third-order valence-electron chi connectivity index (χ3n) is 6.14. The van der Waals surface area contributed by atoms with Gasteiger partial charge in [0.25, 0.3) is 0 Å². The van der Waals surface area contributed by atoms with Crippen LogP contribution < -0.4 is 10.8 Å². The van der Waals surface area contributed by atoms with Crippen molar-refractivity contribution in [3.8, 4) is 0 Å². The molecule has 3 aromatic rings. The highest BCUT2D eigenvalue weighted by Gasteiger charge is 2.36. The number of pyridine rings is 1. The van der Waals surface area contributed by atoms with E-state index in [2.05, 4.69) is 20.3 Å². The van der Waals surface area contributed by atoms with Crippen LogP contribution in [0, 0.1) is 12.7 Å². The highest BCUT2D eigenvalue weighted by molar-refractivity contribution is 7.88. The molecule has 2 aromatic heterocycles. The Morgan fingerprint density at radius 1 is 1.17 bits per heavy atom. The Labute approximate surface area is 205 Å². The molecule has 0 saturated carbocycles. The molecule has 8 nitrogen and oxygen atoms in total. The summed E-state index contributed by atoms with van der Waals surface area (Å²) in [5, 5.41) is 3.39. The smallest absolute Gasteiger partial charge is 0.363 e. The maximum atomic E-state index is 14.7. The number of hydrogen-bond acceptors (Lipinski definition) is 7. The molecule has 4 rings (SSSR count). The number of rotatable bonds is 5. The van der Waals surface area contributed by atoms with Crippen molar-refractivity contribution in [1.29, 1.82) is 0 Å². The van der Waals surface area contributed by atoms with Gasteiger partial charge in [-0.3, -0.25) is 4.98 Å². The van der Waals surface area contributed by atoms with Crippen LogP contribution in [-0.2, 0) is 20.8 Å². The molecule has 1 fully saturated rings. The maximum Gasteiger partial charge on any atom is 0.419 e. The zero-order valence-electron chi connectivity index (χ0n) is 19.7. The Kier molecular flexibility index (Phi) is 6.87. The maximum absolute atomic E-state index is 14.7. The predicted molar refractivity (Wildman–Crippen MR) is 129 cm³/mol. The number of alkyl halides is 3. The van der Waals surface area contributed by atoms with Crippen molar-refractivity contribution in [3.63, 3.8) is 0 Å².